The van der Waals surface area contributed by atoms with Gasteiger partial charge in [-0.1, -0.05) is 13.3 Å². The number of nitrogens with two attached hydrogens (primary N) is 1. The zero-order chi connectivity index (χ0) is 5.70. The standard InChI is InChI=1S/C5H14N2/c1-3-4-5(6)7-2/h5,7H,3-4,6H2,1-2H3. The van der Waals surface area contributed by atoms with Gasteiger partial charge in [0.2, 0.25) is 0 Å². The van der Waals surface area contributed by atoms with Crippen LogP contribution in [0, 0.1) is 0 Å². The van der Waals surface area contributed by atoms with Gasteiger partial charge in [-0.2, -0.15) is 0 Å². The van der Waals surface area contributed by atoms with Crippen molar-refractivity contribution >= 4 is 0 Å². The summed E-state index contributed by atoms with van der Waals surface area (Å²) in [5.74, 6) is 0. The summed E-state index contributed by atoms with van der Waals surface area (Å²) in [4.78, 5) is 0. The normalized spacial score (nSPS) is 14.1. The molecule has 0 spiro atoms. The fourth-order valence-electron chi connectivity index (χ4n) is 0.455. The average Bonchev–Trinajstić information content (AvgIpc) is 1.68. The van der Waals surface area contributed by atoms with Gasteiger partial charge in [0.15, 0.2) is 0 Å². The molecule has 0 saturated carbocycles. The molecule has 44 valence electrons. The van der Waals surface area contributed by atoms with Crippen molar-refractivity contribution in [2.24, 2.45) is 5.73 Å². The van der Waals surface area contributed by atoms with Crippen molar-refractivity contribution in [1.29, 1.82) is 0 Å². The van der Waals surface area contributed by atoms with Gasteiger partial charge in [-0.05, 0) is 13.5 Å². The summed E-state index contributed by atoms with van der Waals surface area (Å²) < 4.78 is 0. The smallest absolute Gasteiger partial charge is 0.0543 e. The van der Waals surface area contributed by atoms with Crippen LogP contribution in [0.5, 0.6) is 0 Å². The van der Waals surface area contributed by atoms with Crippen molar-refractivity contribution in [3.63, 3.8) is 0 Å². The molecule has 0 radical (unpaired) electrons. The van der Waals surface area contributed by atoms with Crippen LogP contribution in [0.25, 0.3) is 0 Å². The monoisotopic (exact) mass is 102 g/mol. The molecule has 0 amide bonds. The zero-order valence-electron chi connectivity index (χ0n) is 5.07. The number of nitrogens with one attached hydrogen (secondary N) is 1. The molecule has 0 heterocycles. The number of rotatable bonds is 3. The van der Waals surface area contributed by atoms with E-state index in [0.29, 0.717) is 0 Å². The molecule has 0 saturated heterocycles. The Morgan fingerprint density at radius 1 is 1.71 bits per heavy atom. The van der Waals surface area contributed by atoms with E-state index in [2.05, 4.69) is 12.2 Å². The Morgan fingerprint density at radius 2 is 2.29 bits per heavy atom. The highest BCUT2D eigenvalue weighted by molar-refractivity contribution is 4.50. The molecule has 3 N–H and O–H groups in total. The van der Waals surface area contributed by atoms with Crippen molar-refractivity contribution in [3.8, 4) is 0 Å². The molecular formula is C5H14N2. The Morgan fingerprint density at radius 3 is 2.43 bits per heavy atom. The maximum atomic E-state index is 5.47. The molecule has 0 rings (SSSR count). The molecule has 1 unspecified atom stereocenters. The van der Waals surface area contributed by atoms with Gasteiger partial charge in [0, 0.05) is 0 Å². The lowest BCUT2D eigenvalue weighted by Gasteiger charge is -2.05. The van der Waals surface area contributed by atoms with Gasteiger partial charge in [0.05, 0.1) is 6.17 Å². The SMILES string of the molecule is CCCC(N)NC. The fourth-order valence-corrected chi connectivity index (χ4v) is 0.455. The molecule has 0 aromatic rings. The topological polar surface area (TPSA) is 38.0 Å². The predicted molar refractivity (Wildman–Crippen MR) is 31.9 cm³/mol. The Labute approximate surface area is 45.1 Å². The maximum absolute atomic E-state index is 5.47. The molecular weight excluding hydrogens is 88.1 g/mol. The minimum atomic E-state index is 0.199. The van der Waals surface area contributed by atoms with Gasteiger partial charge in [-0.25, -0.2) is 0 Å². The van der Waals surface area contributed by atoms with E-state index in [1.165, 1.54) is 0 Å². The summed E-state index contributed by atoms with van der Waals surface area (Å²) in [6.45, 7) is 2.12. The third-order valence-electron chi connectivity index (χ3n) is 0.970. The highest BCUT2D eigenvalue weighted by Crippen LogP contribution is 1.85. The van der Waals surface area contributed by atoms with Crippen LogP contribution in [-0.4, -0.2) is 13.2 Å². The quantitative estimate of drug-likeness (QED) is 0.503. The predicted octanol–water partition coefficient (Wildman–Crippen LogP) is 0.291. The molecule has 2 nitrogen and oxygen atoms in total. The minimum absolute atomic E-state index is 0.199. The van der Waals surface area contributed by atoms with Gasteiger partial charge in [-0.3, -0.25) is 0 Å². The largest absolute Gasteiger partial charge is 0.316 e. The van der Waals surface area contributed by atoms with Crippen LogP contribution in [0.15, 0.2) is 0 Å². The first kappa shape index (κ1) is 6.92. The fraction of sp³-hybridized carbons (Fsp3) is 1.00. The summed E-state index contributed by atoms with van der Waals surface area (Å²) >= 11 is 0. The molecule has 1 atom stereocenters. The Kier molecular flexibility index (Phi) is 4.04. The lowest BCUT2D eigenvalue weighted by atomic mass is 10.3. The Bertz CT molecular complexity index is 37.1. The van der Waals surface area contributed by atoms with Gasteiger partial charge < -0.3 is 11.1 Å². The average molecular weight is 102 g/mol. The second-order valence-corrected chi connectivity index (χ2v) is 1.68. The van der Waals surface area contributed by atoms with Crippen LogP contribution >= 0.6 is 0 Å². The zero-order valence-corrected chi connectivity index (χ0v) is 5.07. The highest BCUT2D eigenvalue weighted by Gasteiger charge is 1.91. The summed E-state index contributed by atoms with van der Waals surface area (Å²) in [5.41, 5.74) is 5.47. The first-order valence-electron chi connectivity index (χ1n) is 2.74. The van der Waals surface area contributed by atoms with Crippen LogP contribution in [0.2, 0.25) is 0 Å². The number of hydrogen-bond acceptors (Lipinski definition) is 2. The lowest BCUT2D eigenvalue weighted by Crippen LogP contribution is -2.33. The van der Waals surface area contributed by atoms with E-state index >= 15 is 0 Å². The molecule has 7 heavy (non-hydrogen) atoms. The summed E-state index contributed by atoms with van der Waals surface area (Å²) in [6.07, 6.45) is 2.42. The summed E-state index contributed by atoms with van der Waals surface area (Å²) in [5, 5.41) is 2.94. The Balaban J connectivity index is 2.83. The van der Waals surface area contributed by atoms with E-state index < -0.39 is 0 Å². The molecule has 0 fully saturated rings. The number of hydrogen-bond donors (Lipinski definition) is 2. The van der Waals surface area contributed by atoms with E-state index in [0.717, 1.165) is 12.8 Å². The van der Waals surface area contributed by atoms with Crippen LogP contribution in [0.3, 0.4) is 0 Å². The first-order valence-corrected chi connectivity index (χ1v) is 2.74. The minimum Gasteiger partial charge on any atom is -0.316 e. The lowest BCUT2D eigenvalue weighted by molar-refractivity contribution is 0.535. The first-order chi connectivity index (χ1) is 3.31. The van der Waals surface area contributed by atoms with Crippen molar-refractivity contribution < 1.29 is 0 Å². The molecule has 0 aliphatic rings. The second kappa shape index (κ2) is 4.09. The third kappa shape index (κ3) is 3.76. The molecule has 0 bridgehead atoms. The second-order valence-electron chi connectivity index (χ2n) is 1.68. The van der Waals surface area contributed by atoms with E-state index in [1.807, 2.05) is 7.05 Å². The van der Waals surface area contributed by atoms with E-state index in [1.54, 1.807) is 0 Å². The van der Waals surface area contributed by atoms with Gasteiger partial charge in [0.25, 0.3) is 0 Å². The van der Waals surface area contributed by atoms with Gasteiger partial charge >= 0.3 is 0 Å². The highest BCUT2D eigenvalue weighted by atomic mass is 15.0. The van der Waals surface area contributed by atoms with Crippen LogP contribution < -0.4 is 11.1 Å². The molecule has 0 aromatic heterocycles. The van der Waals surface area contributed by atoms with Gasteiger partial charge in [-0.15, -0.1) is 0 Å². The van der Waals surface area contributed by atoms with E-state index in [4.69, 9.17) is 5.73 Å². The maximum Gasteiger partial charge on any atom is 0.0543 e. The summed E-state index contributed by atoms with van der Waals surface area (Å²) in [7, 11) is 1.88. The van der Waals surface area contributed by atoms with Crippen molar-refractivity contribution in [2.45, 2.75) is 25.9 Å². The Hall–Kier alpha value is -0.0800. The van der Waals surface area contributed by atoms with E-state index in [9.17, 15) is 0 Å². The van der Waals surface area contributed by atoms with Crippen molar-refractivity contribution in [2.75, 3.05) is 7.05 Å². The molecule has 0 aromatic carbocycles. The molecule has 0 aliphatic carbocycles. The van der Waals surface area contributed by atoms with Crippen LogP contribution in [0.1, 0.15) is 19.8 Å². The summed E-state index contributed by atoms with van der Waals surface area (Å²) in [6, 6.07) is 0. The third-order valence-corrected chi connectivity index (χ3v) is 0.970. The molecule has 0 aliphatic heterocycles. The van der Waals surface area contributed by atoms with Crippen molar-refractivity contribution in [1.82, 2.24) is 5.32 Å². The van der Waals surface area contributed by atoms with Gasteiger partial charge in [0.1, 0.15) is 0 Å². The van der Waals surface area contributed by atoms with Crippen LogP contribution in [-0.2, 0) is 0 Å². The van der Waals surface area contributed by atoms with Crippen molar-refractivity contribution in [3.05, 3.63) is 0 Å². The van der Waals surface area contributed by atoms with Crippen LogP contribution in [0.4, 0.5) is 0 Å². The molecule has 2 heteroatoms. The van der Waals surface area contributed by atoms with E-state index in [-0.39, 0.29) is 6.17 Å².